The zero-order chi connectivity index (χ0) is 21.4. The van der Waals surface area contributed by atoms with E-state index in [1.807, 2.05) is 53.3 Å². The summed E-state index contributed by atoms with van der Waals surface area (Å²) in [5.74, 6) is 1.90. The fourth-order valence-corrected chi connectivity index (χ4v) is 5.01. The van der Waals surface area contributed by atoms with Gasteiger partial charge >= 0.3 is 0 Å². The van der Waals surface area contributed by atoms with Crippen molar-refractivity contribution in [2.75, 3.05) is 14.2 Å². The first-order chi connectivity index (χ1) is 15.2. The van der Waals surface area contributed by atoms with Crippen molar-refractivity contribution in [1.82, 2.24) is 14.7 Å². The Bertz CT molecular complexity index is 1090. The highest BCUT2D eigenvalue weighted by molar-refractivity contribution is 5.78. The Morgan fingerprint density at radius 3 is 2.65 bits per heavy atom. The summed E-state index contributed by atoms with van der Waals surface area (Å²) in [5.41, 5.74) is 4.58. The standard InChI is InChI=1S/C25H27N3O3/c1-30-20-10-7-18(8-11-20)28-24-15-19-9-12-23(22(24)16-26-28)27(19)25(29)13-6-17-4-3-5-21(14-17)31-2/h3-5,7-8,10-11,14,16,19,23H,6,9,12-13,15H2,1-2H3. The normalized spacial score (nSPS) is 19.2. The number of carbonyl (C=O) groups excluding carboxylic acids is 1. The summed E-state index contributed by atoms with van der Waals surface area (Å²) in [4.78, 5) is 15.3. The molecule has 0 N–H and O–H groups in total. The number of benzene rings is 2. The average molecular weight is 418 g/mol. The zero-order valence-electron chi connectivity index (χ0n) is 18.0. The van der Waals surface area contributed by atoms with E-state index in [0.717, 1.165) is 48.4 Å². The number of rotatable bonds is 6. The summed E-state index contributed by atoms with van der Waals surface area (Å²) in [6.07, 6.45) is 6.10. The summed E-state index contributed by atoms with van der Waals surface area (Å²) in [5, 5.41) is 4.67. The molecule has 0 aliphatic carbocycles. The highest BCUT2D eigenvalue weighted by Crippen LogP contribution is 2.44. The second kappa shape index (κ2) is 8.10. The second-order valence-corrected chi connectivity index (χ2v) is 8.26. The fraction of sp³-hybridized carbons (Fsp3) is 0.360. The maximum atomic E-state index is 13.2. The minimum Gasteiger partial charge on any atom is -0.497 e. The zero-order valence-corrected chi connectivity index (χ0v) is 18.0. The Morgan fingerprint density at radius 1 is 1.06 bits per heavy atom. The Hall–Kier alpha value is -3.28. The Morgan fingerprint density at radius 2 is 1.87 bits per heavy atom. The molecule has 3 aromatic rings. The lowest BCUT2D eigenvalue weighted by Gasteiger charge is -2.35. The molecule has 1 fully saturated rings. The van der Waals surface area contributed by atoms with Gasteiger partial charge in [-0.05, 0) is 61.2 Å². The lowest BCUT2D eigenvalue weighted by atomic mass is 9.98. The number of fused-ring (bicyclic) bond motifs is 4. The number of hydrogen-bond donors (Lipinski definition) is 0. The first kappa shape index (κ1) is 19.7. The van der Waals surface area contributed by atoms with Crippen LogP contribution in [0.4, 0.5) is 0 Å². The van der Waals surface area contributed by atoms with Crippen molar-refractivity contribution < 1.29 is 14.3 Å². The Labute approximate surface area is 182 Å². The van der Waals surface area contributed by atoms with Crippen LogP contribution in [-0.2, 0) is 17.6 Å². The van der Waals surface area contributed by atoms with Gasteiger partial charge in [0.2, 0.25) is 5.91 Å². The van der Waals surface area contributed by atoms with Crippen LogP contribution < -0.4 is 9.47 Å². The average Bonchev–Trinajstić information content (AvgIpc) is 3.38. The van der Waals surface area contributed by atoms with Crippen LogP contribution in [0.1, 0.15) is 42.1 Å². The third kappa shape index (κ3) is 3.56. The molecule has 0 spiro atoms. The molecule has 0 saturated carbocycles. The molecule has 1 amide bonds. The molecule has 2 aliphatic rings. The molecule has 1 saturated heterocycles. The van der Waals surface area contributed by atoms with Gasteiger partial charge in [0.15, 0.2) is 0 Å². The molecule has 1 aromatic heterocycles. The van der Waals surface area contributed by atoms with E-state index in [2.05, 4.69) is 16.1 Å². The maximum absolute atomic E-state index is 13.2. The summed E-state index contributed by atoms with van der Waals surface area (Å²) in [6.45, 7) is 0. The van der Waals surface area contributed by atoms with Crippen molar-refractivity contribution in [2.24, 2.45) is 0 Å². The number of carbonyl (C=O) groups is 1. The van der Waals surface area contributed by atoms with Gasteiger partial charge in [0.1, 0.15) is 11.5 Å². The van der Waals surface area contributed by atoms with E-state index >= 15 is 0 Å². The predicted molar refractivity (Wildman–Crippen MR) is 118 cm³/mol. The van der Waals surface area contributed by atoms with Gasteiger partial charge in [-0.1, -0.05) is 12.1 Å². The van der Waals surface area contributed by atoms with E-state index in [9.17, 15) is 4.79 Å². The van der Waals surface area contributed by atoms with Crippen LogP contribution in [0.2, 0.25) is 0 Å². The minimum absolute atomic E-state index is 0.138. The van der Waals surface area contributed by atoms with Crippen LogP contribution in [-0.4, -0.2) is 40.8 Å². The molecule has 3 heterocycles. The van der Waals surface area contributed by atoms with Gasteiger partial charge in [0, 0.05) is 24.4 Å². The molecule has 6 nitrogen and oxygen atoms in total. The summed E-state index contributed by atoms with van der Waals surface area (Å²) < 4.78 is 12.6. The molecule has 5 rings (SSSR count). The maximum Gasteiger partial charge on any atom is 0.223 e. The van der Waals surface area contributed by atoms with Crippen molar-refractivity contribution in [1.29, 1.82) is 0 Å². The molecule has 2 aliphatic heterocycles. The summed E-state index contributed by atoms with van der Waals surface area (Å²) >= 11 is 0. The van der Waals surface area contributed by atoms with E-state index in [1.54, 1.807) is 14.2 Å². The van der Waals surface area contributed by atoms with Crippen LogP contribution in [0.15, 0.2) is 54.7 Å². The first-order valence-corrected chi connectivity index (χ1v) is 10.8. The van der Waals surface area contributed by atoms with Gasteiger partial charge in [-0.15, -0.1) is 0 Å². The van der Waals surface area contributed by atoms with Crippen molar-refractivity contribution >= 4 is 5.91 Å². The number of methoxy groups -OCH3 is 2. The topological polar surface area (TPSA) is 56.6 Å². The molecule has 160 valence electrons. The molecule has 2 atom stereocenters. The smallest absolute Gasteiger partial charge is 0.223 e. The van der Waals surface area contributed by atoms with Crippen LogP contribution >= 0.6 is 0 Å². The van der Waals surface area contributed by atoms with Crippen molar-refractivity contribution in [3.8, 4) is 17.2 Å². The van der Waals surface area contributed by atoms with Crippen LogP contribution in [0, 0.1) is 0 Å². The third-order valence-electron chi connectivity index (χ3n) is 6.56. The number of ether oxygens (including phenoxy) is 2. The van der Waals surface area contributed by atoms with Crippen LogP contribution in [0.25, 0.3) is 5.69 Å². The highest BCUT2D eigenvalue weighted by atomic mass is 16.5. The van der Waals surface area contributed by atoms with Gasteiger partial charge in [0.05, 0.1) is 37.8 Å². The van der Waals surface area contributed by atoms with E-state index in [1.165, 1.54) is 11.3 Å². The van der Waals surface area contributed by atoms with Crippen LogP contribution in [0.3, 0.4) is 0 Å². The summed E-state index contributed by atoms with van der Waals surface area (Å²) in [7, 11) is 3.34. The van der Waals surface area contributed by atoms with Gasteiger partial charge in [-0.25, -0.2) is 4.68 Å². The van der Waals surface area contributed by atoms with E-state index in [4.69, 9.17) is 9.47 Å². The molecule has 2 unspecified atom stereocenters. The lowest BCUT2D eigenvalue weighted by Crippen LogP contribution is -2.42. The van der Waals surface area contributed by atoms with Gasteiger partial charge < -0.3 is 14.4 Å². The van der Waals surface area contributed by atoms with Gasteiger partial charge in [0.25, 0.3) is 0 Å². The lowest BCUT2D eigenvalue weighted by molar-refractivity contribution is -0.134. The largest absolute Gasteiger partial charge is 0.497 e. The highest BCUT2D eigenvalue weighted by Gasteiger charge is 2.44. The molecular formula is C25H27N3O3. The number of amides is 1. The van der Waals surface area contributed by atoms with E-state index < -0.39 is 0 Å². The number of aromatic nitrogens is 2. The second-order valence-electron chi connectivity index (χ2n) is 8.26. The van der Waals surface area contributed by atoms with E-state index in [-0.39, 0.29) is 18.0 Å². The quantitative estimate of drug-likeness (QED) is 0.606. The molecule has 0 radical (unpaired) electrons. The molecule has 6 heteroatoms. The molecular weight excluding hydrogens is 390 g/mol. The van der Waals surface area contributed by atoms with Crippen molar-refractivity contribution in [3.63, 3.8) is 0 Å². The number of aryl methyl sites for hydroxylation is 1. The Balaban J connectivity index is 1.34. The molecule has 2 bridgehead atoms. The minimum atomic E-state index is 0.138. The number of nitrogens with zero attached hydrogens (tertiary/aromatic N) is 3. The van der Waals surface area contributed by atoms with Crippen molar-refractivity contribution in [2.45, 2.75) is 44.2 Å². The van der Waals surface area contributed by atoms with E-state index in [0.29, 0.717) is 6.42 Å². The van der Waals surface area contributed by atoms with Crippen molar-refractivity contribution in [3.05, 3.63) is 71.5 Å². The van der Waals surface area contributed by atoms with Crippen LogP contribution in [0.5, 0.6) is 11.5 Å². The molecule has 2 aromatic carbocycles. The van der Waals surface area contributed by atoms with Gasteiger partial charge in [-0.2, -0.15) is 5.10 Å². The third-order valence-corrected chi connectivity index (χ3v) is 6.56. The SMILES string of the molecule is COc1ccc(-n2ncc3c2CC2CCC3N2C(=O)CCc2cccc(OC)c2)cc1. The van der Waals surface area contributed by atoms with Gasteiger partial charge in [-0.3, -0.25) is 4.79 Å². The Kier molecular flexibility index (Phi) is 5.14. The number of hydrogen-bond acceptors (Lipinski definition) is 4. The summed E-state index contributed by atoms with van der Waals surface area (Å²) in [6, 6.07) is 16.3. The molecule has 31 heavy (non-hydrogen) atoms. The first-order valence-electron chi connectivity index (χ1n) is 10.8. The fourth-order valence-electron chi connectivity index (χ4n) is 5.01. The monoisotopic (exact) mass is 417 g/mol. The predicted octanol–water partition coefficient (Wildman–Crippen LogP) is 4.11.